The van der Waals surface area contributed by atoms with Gasteiger partial charge in [-0.15, -0.1) is 0 Å². The van der Waals surface area contributed by atoms with Crippen LogP contribution in [0, 0.1) is 0 Å². The fourth-order valence-corrected chi connectivity index (χ4v) is 1.49. The molecule has 88 valence electrons. The quantitative estimate of drug-likeness (QED) is 0.658. The Labute approximate surface area is 90.3 Å². The highest BCUT2D eigenvalue weighted by atomic mass is 16.5. The van der Waals surface area contributed by atoms with Gasteiger partial charge in [0.2, 0.25) is 5.91 Å². The first kappa shape index (κ1) is 12.4. The third-order valence-electron chi connectivity index (χ3n) is 2.64. The molecule has 5 nitrogen and oxygen atoms in total. The van der Waals surface area contributed by atoms with Gasteiger partial charge in [-0.1, -0.05) is 0 Å². The number of rotatable bonds is 5. The van der Waals surface area contributed by atoms with E-state index in [2.05, 4.69) is 5.32 Å². The highest BCUT2D eigenvalue weighted by Crippen LogP contribution is 2.15. The number of hydrogen-bond acceptors (Lipinski definition) is 4. The maximum atomic E-state index is 11.8. The number of methoxy groups -OCH3 is 1. The van der Waals surface area contributed by atoms with Gasteiger partial charge in [-0.2, -0.15) is 0 Å². The molecule has 5 heteroatoms. The molecule has 0 aliphatic carbocycles. The van der Waals surface area contributed by atoms with Crippen molar-refractivity contribution in [1.82, 2.24) is 5.32 Å². The smallest absolute Gasteiger partial charge is 0.242 e. The number of carbonyl (C=O) groups excluding carboxylic acids is 1. The van der Waals surface area contributed by atoms with E-state index in [1.165, 1.54) is 0 Å². The zero-order valence-electron chi connectivity index (χ0n) is 9.41. The van der Waals surface area contributed by atoms with Crippen molar-refractivity contribution in [2.24, 2.45) is 5.73 Å². The average Bonchev–Trinajstić information content (AvgIpc) is 2.63. The van der Waals surface area contributed by atoms with Crippen molar-refractivity contribution in [2.75, 3.05) is 26.9 Å². The molecule has 1 aliphatic rings. The number of ether oxygens (including phenoxy) is 2. The fraction of sp³-hybridized carbons (Fsp3) is 0.900. The first-order valence-corrected chi connectivity index (χ1v) is 5.25. The van der Waals surface area contributed by atoms with E-state index >= 15 is 0 Å². The summed E-state index contributed by atoms with van der Waals surface area (Å²) in [5.74, 6) is -0.122. The zero-order chi connectivity index (χ0) is 11.3. The molecule has 0 radical (unpaired) electrons. The van der Waals surface area contributed by atoms with Crippen LogP contribution < -0.4 is 11.1 Å². The molecule has 3 N–H and O–H groups in total. The van der Waals surface area contributed by atoms with Crippen LogP contribution in [0.25, 0.3) is 0 Å². The molecule has 1 amide bonds. The third kappa shape index (κ3) is 3.44. The molecule has 2 atom stereocenters. The highest BCUT2D eigenvalue weighted by molar-refractivity contribution is 5.86. The molecule has 1 aliphatic heterocycles. The lowest BCUT2D eigenvalue weighted by Crippen LogP contribution is -2.56. The minimum atomic E-state index is -0.832. The SMILES string of the molecule is COCCC(C)NC(=O)C1(N)CCOC1. The Morgan fingerprint density at radius 1 is 1.73 bits per heavy atom. The standard InChI is InChI=1S/C10H20N2O3/c1-8(3-5-14-2)12-9(13)10(11)4-6-15-7-10/h8H,3-7,11H2,1-2H3,(H,12,13). The molecule has 15 heavy (non-hydrogen) atoms. The van der Waals surface area contributed by atoms with Gasteiger partial charge in [0.1, 0.15) is 5.54 Å². The summed E-state index contributed by atoms with van der Waals surface area (Å²) in [5, 5.41) is 2.87. The van der Waals surface area contributed by atoms with Gasteiger partial charge in [-0.3, -0.25) is 4.79 Å². The predicted molar refractivity (Wildman–Crippen MR) is 56.5 cm³/mol. The third-order valence-corrected chi connectivity index (χ3v) is 2.64. The number of carbonyl (C=O) groups is 1. The summed E-state index contributed by atoms with van der Waals surface area (Å²) in [6.45, 7) is 3.46. The maximum Gasteiger partial charge on any atom is 0.242 e. The summed E-state index contributed by atoms with van der Waals surface area (Å²) in [7, 11) is 1.64. The Kier molecular flexibility index (Phi) is 4.50. The number of hydrogen-bond donors (Lipinski definition) is 2. The fourth-order valence-electron chi connectivity index (χ4n) is 1.49. The molecule has 0 aromatic heterocycles. The lowest BCUT2D eigenvalue weighted by molar-refractivity contribution is -0.127. The van der Waals surface area contributed by atoms with Gasteiger partial charge in [0.15, 0.2) is 0 Å². The van der Waals surface area contributed by atoms with E-state index in [4.69, 9.17) is 15.2 Å². The van der Waals surface area contributed by atoms with Crippen LogP contribution in [-0.4, -0.2) is 44.4 Å². The van der Waals surface area contributed by atoms with Crippen molar-refractivity contribution < 1.29 is 14.3 Å². The summed E-state index contributed by atoms with van der Waals surface area (Å²) in [4.78, 5) is 11.8. The van der Waals surface area contributed by atoms with Gasteiger partial charge in [0.25, 0.3) is 0 Å². The molecule has 1 saturated heterocycles. The van der Waals surface area contributed by atoms with E-state index in [1.54, 1.807) is 7.11 Å². The van der Waals surface area contributed by atoms with Crippen molar-refractivity contribution in [2.45, 2.75) is 31.3 Å². The Morgan fingerprint density at radius 3 is 3.00 bits per heavy atom. The van der Waals surface area contributed by atoms with Crippen molar-refractivity contribution in [3.8, 4) is 0 Å². The van der Waals surface area contributed by atoms with E-state index in [1.807, 2.05) is 6.92 Å². The molecule has 1 heterocycles. The van der Waals surface area contributed by atoms with Crippen LogP contribution in [-0.2, 0) is 14.3 Å². The van der Waals surface area contributed by atoms with E-state index in [-0.39, 0.29) is 11.9 Å². The average molecular weight is 216 g/mol. The van der Waals surface area contributed by atoms with Gasteiger partial charge in [0.05, 0.1) is 6.61 Å². The summed E-state index contributed by atoms with van der Waals surface area (Å²) in [6, 6.07) is 0.0819. The van der Waals surface area contributed by atoms with Gasteiger partial charge in [-0.25, -0.2) is 0 Å². The summed E-state index contributed by atoms with van der Waals surface area (Å²) in [5.41, 5.74) is 5.08. The Bertz CT molecular complexity index is 215. The first-order valence-electron chi connectivity index (χ1n) is 5.25. The molecule has 1 fully saturated rings. The van der Waals surface area contributed by atoms with Gasteiger partial charge < -0.3 is 20.5 Å². The topological polar surface area (TPSA) is 73.6 Å². The van der Waals surface area contributed by atoms with Crippen LogP contribution in [0.5, 0.6) is 0 Å². The van der Waals surface area contributed by atoms with Crippen molar-refractivity contribution in [3.05, 3.63) is 0 Å². The highest BCUT2D eigenvalue weighted by Gasteiger charge is 2.38. The Hall–Kier alpha value is -0.650. The molecule has 0 spiro atoms. The van der Waals surface area contributed by atoms with Crippen LogP contribution in [0.1, 0.15) is 19.8 Å². The van der Waals surface area contributed by atoms with Gasteiger partial charge in [-0.05, 0) is 19.8 Å². The van der Waals surface area contributed by atoms with Gasteiger partial charge in [0, 0.05) is 26.4 Å². The van der Waals surface area contributed by atoms with Crippen molar-refractivity contribution >= 4 is 5.91 Å². The van der Waals surface area contributed by atoms with E-state index in [0.717, 1.165) is 6.42 Å². The van der Waals surface area contributed by atoms with Crippen LogP contribution >= 0.6 is 0 Å². The van der Waals surface area contributed by atoms with Crippen LogP contribution in [0.15, 0.2) is 0 Å². The second-order valence-corrected chi connectivity index (χ2v) is 4.11. The van der Waals surface area contributed by atoms with E-state index < -0.39 is 5.54 Å². The first-order chi connectivity index (χ1) is 7.08. The normalized spacial score (nSPS) is 27.7. The number of nitrogens with two attached hydrogens (primary N) is 1. The minimum Gasteiger partial charge on any atom is -0.385 e. The lowest BCUT2D eigenvalue weighted by Gasteiger charge is -2.23. The Morgan fingerprint density at radius 2 is 2.47 bits per heavy atom. The second kappa shape index (κ2) is 5.44. The van der Waals surface area contributed by atoms with Crippen molar-refractivity contribution in [1.29, 1.82) is 0 Å². The molecular formula is C10H20N2O3. The van der Waals surface area contributed by atoms with Crippen LogP contribution in [0.3, 0.4) is 0 Å². The van der Waals surface area contributed by atoms with Crippen molar-refractivity contribution in [3.63, 3.8) is 0 Å². The lowest BCUT2D eigenvalue weighted by atomic mass is 9.99. The van der Waals surface area contributed by atoms with E-state index in [0.29, 0.717) is 26.2 Å². The molecule has 0 aromatic rings. The summed E-state index contributed by atoms with van der Waals surface area (Å²) < 4.78 is 10.1. The molecular weight excluding hydrogens is 196 g/mol. The monoisotopic (exact) mass is 216 g/mol. The zero-order valence-corrected chi connectivity index (χ0v) is 9.41. The van der Waals surface area contributed by atoms with Crippen LogP contribution in [0.4, 0.5) is 0 Å². The molecule has 0 saturated carbocycles. The number of amides is 1. The van der Waals surface area contributed by atoms with Crippen LogP contribution in [0.2, 0.25) is 0 Å². The summed E-state index contributed by atoms with van der Waals surface area (Å²) >= 11 is 0. The molecule has 0 bridgehead atoms. The summed E-state index contributed by atoms with van der Waals surface area (Å²) in [6.07, 6.45) is 1.38. The number of nitrogens with one attached hydrogen (secondary N) is 1. The minimum absolute atomic E-state index is 0.0819. The largest absolute Gasteiger partial charge is 0.385 e. The molecule has 1 rings (SSSR count). The second-order valence-electron chi connectivity index (χ2n) is 4.11. The Balaban J connectivity index is 2.34. The molecule has 0 aromatic carbocycles. The van der Waals surface area contributed by atoms with E-state index in [9.17, 15) is 4.79 Å². The molecule has 2 unspecified atom stereocenters. The van der Waals surface area contributed by atoms with Gasteiger partial charge >= 0.3 is 0 Å². The maximum absolute atomic E-state index is 11.8. The predicted octanol–water partition coefficient (Wildman–Crippen LogP) is -0.355.